The van der Waals surface area contributed by atoms with E-state index in [9.17, 15) is 0 Å². The molecule has 12 aromatic rings. The van der Waals surface area contributed by atoms with E-state index in [1.807, 2.05) is 0 Å². The van der Waals surface area contributed by atoms with Gasteiger partial charge in [0.15, 0.2) is 5.58 Å². The summed E-state index contributed by atoms with van der Waals surface area (Å²) < 4.78 is 6.83. The third-order valence-electron chi connectivity index (χ3n) is 17.8. The Hall–Kier alpha value is -9.70. The van der Waals surface area contributed by atoms with Crippen molar-refractivity contribution in [1.29, 1.82) is 0 Å². The van der Waals surface area contributed by atoms with Crippen LogP contribution in [0, 0.1) is 13.8 Å². The molecule has 380 valence electrons. The molecule has 3 nitrogen and oxygen atoms in total. The SMILES string of the molecule is CC(/C=C\c1cccc(-c2ccccc2C)c1C1CC1)=C/C=C/Nc1ccc2c(c1)C1(c3cc(N(c4ccc(C)cc4)c4cccc5c4oc4ccccc45)ccc3-2)c2ccccc2-c2c1cc1c3c(cccc23)-c2ccccc2-1. The first-order valence-electron chi connectivity index (χ1n) is 28.3. The smallest absolute Gasteiger partial charge is 0.159 e. The number of aryl methyl sites for hydroxylation is 2. The average molecular weight is 1030 g/mol. The molecular formula is C77H56N2O. The number of benzene rings is 11. The number of rotatable bonds is 10. The molecule has 16 rings (SSSR count). The Bertz CT molecular complexity index is 4670. The molecule has 1 unspecified atom stereocenters. The van der Waals surface area contributed by atoms with E-state index in [0.717, 1.165) is 44.7 Å². The van der Waals surface area contributed by atoms with Gasteiger partial charge in [-0.3, -0.25) is 0 Å². The number of nitrogens with one attached hydrogen (secondary N) is 1. The first-order chi connectivity index (χ1) is 39.4. The molecule has 4 aliphatic rings. The van der Waals surface area contributed by atoms with Crippen molar-refractivity contribution in [3.05, 3.63) is 293 Å². The lowest BCUT2D eigenvalue weighted by Crippen LogP contribution is -2.26. The summed E-state index contributed by atoms with van der Waals surface area (Å²) in [6, 6.07) is 81.4. The molecule has 0 radical (unpaired) electrons. The largest absolute Gasteiger partial charge is 0.454 e. The lowest BCUT2D eigenvalue weighted by Gasteiger charge is -2.32. The number of fused-ring (bicyclic) bond motifs is 17. The minimum atomic E-state index is -0.659. The van der Waals surface area contributed by atoms with Gasteiger partial charge in [-0.25, -0.2) is 0 Å². The molecule has 3 heteroatoms. The first kappa shape index (κ1) is 46.4. The maximum atomic E-state index is 6.83. The van der Waals surface area contributed by atoms with Gasteiger partial charge in [-0.1, -0.05) is 193 Å². The van der Waals surface area contributed by atoms with E-state index in [1.54, 1.807) is 0 Å². The van der Waals surface area contributed by atoms with E-state index >= 15 is 0 Å². The van der Waals surface area contributed by atoms with Crippen LogP contribution in [-0.2, 0) is 5.41 Å². The maximum Gasteiger partial charge on any atom is 0.159 e. The van der Waals surface area contributed by atoms with Crippen molar-refractivity contribution >= 4 is 61.5 Å². The molecule has 0 bridgehead atoms. The topological polar surface area (TPSA) is 28.4 Å². The number of nitrogens with zero attached hydrogens (tertiary/aromatic N) is 1. The van der Waals surface area contributed by atoms with Crippen molar-refractivity contribution in [2.45, 2.75) is 44.9 Å². The second-order valence-corrected chi connectivity index (χ2v) is 22.5. The Kier molecular flexibility index (Phi) is 10.4. The van der Waals surface area contributed by atoms with Crippen LogP contribution >= 0.6 is 0 Å². The zero-order valence-corrected chi connectivity index (χ0v) is 45.0. The minimum absolute atomic E-state index is 0.621. The fraction of sp³-hybridized carbons (Fsp3) is 0.0909. The fourth-order valence-electron chi connectivity index (χ4n) is 14.1. The van der Waals surface area contributed by atoms with Gasteiger partial charge in [0, 0.05) is 34.0 Å². The Morgan fingerprint density at radius 2 is 1.19 bits per heavy atom. The fourth-order valence-corrected chi connectivity index (χ4v) is 14.1. The number of allylic oxidation sites excluding steroid dienone is 4. The van der Waals surface area contributed by atoms with Crippen LogP contribution in [0.5, 0.6) is 0 Å². The monoisotopic (exact) mass is 1020 g/mol. The van der Waals surface area contributed by atoms with Crippen LogP contribution in [0.3, 0.4) is 0 Å². The molecule has 0 aliphatic heterocycles. The highest BCUT2D eigenvalue weighted by molar-refractivity contribution is 6.21. The van der Waals surface area contributed by atoms with Crippen molar-refractivity contribution in [2.75, 3.05) is 10.2 Å². The highest BCUT2D eigenvalue weighted by Gasteiger charge is 2.53. The van der Waals surface area contributed by atoms with E-state index < -0.39 is 5.41 Å². The van der Waals surface area contributed by atoms with Crippen molar-refractivity contribution < 1.29 is 4.42 Å². The summed E-state index contributed by atoms with van der Waals surface area (Å²) in [7, 11) is 0. The predicted molar refractivity (Wildman–Crippen MR) is 336 cm³/mol. The van der Waals surface area contributed by atoms with Crippen LogP contribution in [0.4, 0.5) is 22.7 Å². The Morgan fingerprint density at radius 3 is 2.02 bits per heavy atom. The van der Waals surface area contributed by atoms with Gasteiger partial charge in [-0.15, -0.1) is 0 Å². The number of hydrogen-bond donors (Lipinski definition) is 1. The van der Waals surface area contributed by atoms with E-state index in [0.29, 0.717) is 5.92 Å². The second-order valence-electron chi connectivity index (χ2n) is 22.5. The Balaban J connectivity index is 0.847. The average Bonchev–Trinajstić information content (AvgIpc) is 4.15. The summed E-state index contributed by atoms with van der Waals surface area (Å²) in [5.41, 5.74) is 30.0. The molecule has 1 spiro atoms. The van der Waals surface area contributed by atoms with Crippen LogP contribution in [0.2, 0.25) is 0 Å². The van der Waals surface area contributed by atoms with Crippen LogP contribution in [0.25, 0.3) is 94.4 Å². The minimum Gasteiger partial charge on any atom is -0.454 e. The third-order valence-corrected chi connectivity index (χ3v) is 17.8. The second kappa shape index (κ2) is 17.9. The Labute approximate surface area is 467 Å². The lowest BCUT2D eigenvalue weighted by atomic mass is 9.70. The first-order valence-corrected chi connectivity index (χ1v) is 28.3. The van der Waals surface area contributed by atoms with Gasteiger partial charge in [0.2, 0.25) is 0 Å². The predicted octanol–water partition coefficient (Wildman–Crippen LogP) is 20.9. The highest BCUT2D eigenvalue weighted by atomic mass is 16.3. The Morgan fingerprint density at radius 1 is 0.525 bits per heavy atom. The molecule has 0 amide bonds. The molecule has 4 aliphatic carbocycles. The van der Waals surface area contributed by atoms with E-state index in [1.165, 1.54) is 129 Å². The van der Waals surface area contributed by atoms with Crippen LogP contribution < -0.4 is 10.2 Å². The molecule has 1 heterocycles. The van der Waals surface area contributed by atoms with Gasteiger partial charge >= 0.3 is 0 Å². The van der Waals surface area contributed by atoms with Crippen molar-refractivity contribution in [3.63, 3.8) is 0 Å². The van der Waals surface area contributed by atoms with Gasteiger partial charge in [0.25, 0.3) is 0 Å². The molecule has 1 N–H and O–H groups in total. The maximum absolute atomic E-state index is 6.83. The van der Waals surface area contributed by atoms with Crippen molar-refractivity contribution in [2.24, 2.45) is 0 Å². The zero-order chi connectivity index (χ0) is 53.2. The molecule has 11 aromatic carbocycles. The number of hydrogen-bond acceptors (Lipinski definition) is 3. The molecule has 1 aromatic heterocycles. The quantitative estimate of drug-likeness (QED) is 0.138. The van der Waals surface area contributed by atoms with Crippen LogP contribution in [-0.4, -0.2) is 0 Å². The van der Waals surface area contributed by atoms with Gasteiger partial charge in [-0.05, 0) is 206 Å². The number of para-hydroxylation sites is 2. The van der Waals surface area contributed by atoms with Crippen LogP contribution in [0.15, 0.2) is 253 Å². The number of furan rings is 1. The third kappa shape index (κ3) is 6.93. The van der Waals surface area contributed by atoms with E-state index in [2.05, 4.69) is 280 Å². The molecule has 0 saturated heterocycles. The summed E-state index contributed by atoms with van der Waals surface area (Å²) in [5, 5.41) is 8.61. The molecule has 1 atom stereocenters. The van der Waals surface area contributed by atoms with Crippen molar-refractivity contribution in [1.82, 2.24) is 0 Å². The lowest BCUT2D eigenvalue weighted by molar-refractivity contribution is 0.669. The summed E-state index contributed by atoms with van der Waals surface area (Å²) >= 11 is 0. The van der Waals surface area contributed by atoms with Gasteiger partial charge in [-0.2, -0.15) is 0 Å². The van der Waals surface area contributed by atoms with E-state index in [4.69, 9.17) is 4.42 Å². The van der Waals surface area contributed by atoms with Gasteiger partial charge < -0.3 is 14.6 Å². The normalized spacial score (nSPS) is 15.6. The highest BCUT2D eigenvalue weighted by Crippen LogP contribution is 2.66. The summed E-state index contributed by atoms with van der Waals surface area (Å²) in [6.07, 6.45) is 13.5. The van der Waals surface area contributed by atoms with Gasteiger partial charge in [0.05, 0.1) is 11.1 Å². The van der Waals surface area contributed by atoms with Crippen molar-refractivity contribution in [3.8, 4) is 55.6 Å². The molecule has 80 heavy (non-hydrogen) atoms. The molecule has 1 saturated carbocycles. The van der Waals surface area contributed by atoms with Crippen LogP contribution in [0.1, 0.15) is 70.2 Å². The summed E-state index contributed by atoms with van der Waals surface area (Å²) in [5.74, 6) is 0.621. The van der Waals surface area contributed by atoms with Gasteiger partial charge in [0.1, 0.15) is 5.58 Å². The zero-order valence-electron chi connectivity index (χ0n) is 45.0. The molecule has 1 fully saturated rings. The van der Waals surface area contributed by atoms with E-state index in [-0.39, 0.29) is 0 Å². The summed E-state index contributed by atoms with van der Waals surface area (Å²) in [4.78, 5) is 2.41. The standard InChI is InChI=1S/C77H56N2O/c1-47(31-34-50-18-12-24-61(73(50)51-35-36-51)55-19-5-4-17-49(55)3)16-15-43-78-52-37-41-58-59-42-40-54(79(53-38-32-48(2)33-39-53)71-29-14-26-63-60-22-9-11-30-72(60)80-76(63)71)45-69(59)77(68(58)44-52)67-28-10-8-23-64(67)75-65-27-13-25-62-56-20-6-7-21-57(56)66(74(62)65)46-70(75)77/h4-34,37-46,51,78H,35-36H2,1-3H3/b34-31-,43-15+,47-16-. The summed E-state index contributed by atoms with van der Waals surface area (Å²) in [6.45, 7) is 6.57. The number of anilines is 4. The molecular weight excluding hydrogens is 969 g/mol.